The Morgan fingerprint density at radius 3 is 2.62 bits per heavy atom. The maximum absolute atomic E-state index is 12.7. The highest BCUT2D eigenvalue weighted by Gasteiger charge is 2.19. The van der Waals surface area contributed by atoms with E-state index in [9.17, 15) is 19.6 Å². The third kappa shape index (κ3) is 5.57. The van der Waals surface area contributed by atoms with E-state index in [2.05, 4.69) is 15.6 Å². The van der Waals surface area contributed by atoms with Gasteiger partial charge >= 0.3 is 0 Å². The van der Waals surface area contributed by atoms with Crippen molar-refractivity contribution in [2.45, 2.75) is 64.8 Å². The van der Waals surface area contributed by atoms with Gasteiger partial charge in [-0.15, -0.1) is 0 Å². The van der Waals surface area contributed by atoms with Crippen molar-refractivity contribution in [3.63, 3.8) is 0 Å². The van der Waals surface area contributed by atoms with Crippen molar-refractivity contribution < 1.29 is 9.59 Å². The molecule has 0 unspecified atom stereocenters. The second-order valence-electron chi connectivity index (χ2n) is 8.22. The summed E-state index contributed by atoms with van der Waals surface area (Å²) in [5, 5.41) is 15.4. The third-order valence-electron chi connectivity index (χ3n) is 5.96. The fourth-order valence-corrected chi connectivity index (χ4v) is 4.37. The monoisotopic (exact) mass is 454 g/mol. The van der Waals surface area contributed by atoms with Crippen molar-refractivity contribution in [2.75, 3.05) is 5.32 Å². The average molecular weight is 455 g/mol. The van der Waals surface area contributed by atoms with Gasteiger partial charge in [-0.3, -0.25) is 14.4 Å². The molecular weight excluding hydrogens is 428 g/mol. The molecule has 0 saturated heterocycles. The number of hydrogen-bond acceptors (Lipinski definition) is 4. The third-order valence-corrected chi connectivity index (χ3v) is 6.29. The number of nitrogens with zero attached hydrogens (tertiary/aromatic N) is 1. The minimum Gasteiger partial charge on any atom is -0.349 e. The van der Waals surface area contributed by atoms with Gasteiger partial charge < -0.3 is 15.6 Å². The van der Waals surface area contributed by atoms with Crippen molar-refractivity contribution in [3.05, 3.63) is 61.5 Å². The van der Waals surface area contributed by atoms with Gasteiger partial charge in [-0.05, 0) is 62.4 Å². The molecule has 0 aliphatic heterocycles. The van der Waals surface area contributed by atoms with E-state index in [0.29, 0.717) is 34.0 Å². The lowest BCUT2D eigenvalue weighted by Gasteiger charge is -2.23. The number of pyridine rings is 1. The minimum absolute atomic E-state index is 0.0670. The zero-order valence-electron chi connectivity index (χ0n) is 18.3. The Hall–Kier alpha value is -3.11. The Labute approximate surface area is 192 Å². The molecule has 7 nitrogen and oxygen atoms in total. The molecular formula is C24H27ClN4O3. The van der Waals surface area contributed by atoms with Crippen LogP contribution in [0.3, 0.4) is 0 Å². The molecule has 3 rings (SSSR count). The Morgan fingerprint density at radius 2 is 1.94 bits per heavy atom. The molecule has 1 aliphatic carbocycles. The number of aromatic nitrogens is 1. The molecule has 1 heterocycles. The summed E-state index contributed by atoms with van der Waals surface area (Å²) >= 11 is 6.23. The number of rotatable bonds is 6. The van der Waals surface area contributed by atoms with Crippen LogP contribution in [0.25, 0.3) is 0 Å². The standard InChI is InChI=1S/C24H27ClN4O3/c1-14-18(15(2)27-24(32)20(14)13-26)9-11-22(30)28-17-8-10-21(25)19(12-17)23(31)29-16-6-4-3-5-7-16/h8,10,12,16H,3-7,9,11H2,1-2H3,(H,27,32)(H,28,30)(H,29,31). The minimum atomic E-state index is -0.420. The van der Waals surface area contributed by atoms with Crippen LogP contribution in [0, 0.1) is 25.2 Å². The summed E-state index contributed by atoms with van der Waals surface area (Å²) < 4.78 is 0. The number of aryl methyl sites for hydroxylation is 1. The lowest BCUT2D eigenvalue weighted by atomic mass is 9.95. The highest BCUT2D eigenvalue weighted by molar-refractivity contribution is 6.34. The number of nitrogens with one attached hydrogen (secondary N) is 3. The number of aromatic amines is 1. The molecule has 1 saturated carbocycles. The number of anilines is 1. The molecule has 168 valence electrons. The number of H-pyrrole nitrogens is 1. The van der Waals surface area contributed by atoms with Crippen LogP contribution in [0.15, 0.2) is 23.0 Å². The molecule has 2 amide bonds. The Balaban J connectivity index is 1.66. The number of hydrogen-bond donors (Lipinski definition) is 3. The molecule has 1 aromatic carbocycles. The van der Waals surface area contributed by atoms with Gasteiger partial charge in [0, 0.05) is 23.8 Å². The summed E-state index contributed by atoms with van der Waals surface area (Å²) in [6.45, 7) is 3.46. The average Bonchev–Trinajstić information content (AvgIpc) is 2.75. The van der Waals surface area contributed by atoms with Gasteiger partial charge in [0.05, 0.1) is 10.6 Å². The Morgan fingerprint density at radius 1 is 1.22 bits per heavy atom. The van der Waals surface area contributed by atoms with Crippen LogP contribution < -0.4 is 16.2 Å². The summed E-state index contributed by atoms with van der Waals surface area (Å²) in [5.41, 5.74) is 2.48. The first-order chi connectivity index (χ1) is 15.3. The summed E-state index contributed by atoms with van der Waals surface area (Å²) in [7, 11) is 0. The first kappa shape index (κ1) is 23.6. The van der Waals surface area contributed by atoms with Gasteiger partial charge in [0.25, 0.3) is 11.5 Å². The molecule has 1 aliphatic rings. The van der Waals surface area contributed by atoms with Crippen molar-refractivity contribution >= 4 is 29.1 Å². The van der Waals surface area contributed by atoms with Gasteiger partial charge in [-0.25, -0.2) is 0 Å². The number of halogens is 1. The van der Waals surface area contributed by atoms with Gasteiger partial charge in [0.2, 0.25) is 5.91 Å². The maximum Gasteiger partial charge on any atom is 0.266 e. The zero-order valence-corrected chi connectivity index (χ0v) is 19.1. The first-order valence-electron chi connectivity index (χ1n) is 10.8. The number of benzene rings is 1. The molecule has 1 fully saturated rings. The lowest BCUT2D eigenvalue weighted by molar-refractivity contribution is -0.116. The van der Waals surface area contributed by atoms with Crippen LogP contribution in [-0.4, -0.2) is 22.8 Å². The summed E-state index contributed by atoms with van der Waals surface area (Å²) in [6, 6.07) is 6.92. The molecule has 0 atom stereocenters. The summed E-state index contributed by atoms with van der Waals surface area (Å²) in [5.74, 6) is -0.476. The van der Waals surface area contributed by atoms with Gasteiger partial charge in [0.1, 0.15) is 11.6 Å². The van der Waals surface area contributed by atoms with E-state index in [1.165, 1.54) is 6.42 Å². The van der Waals surface area contributed by atoms with Crippen molar-refractivity contribution in [1.29, 1.82) is 5.26 Å². The quantitative estimate of drug-likeness (QED) is 0.608. The van der Waals surface area contributed by atoms with Gasteiger partial charge in [0.15, 0.2) is 0 Å². The second-order valence-corrected chi connectivity index (χ2v) is 8.63. The van der Waals surface area contributed by atoms with E-state index in [4.69, 9.17) is 11.6 Å². The van der Waals surface area contributed by atoms with Gasteiger partial charge in [-0.1, -0.05) is 30.9 Å². The predicted octanol–water partition coefficient (Wildman–Crippen LogP) is 4.15. The molecule has 1 aromatic heterocycles. The SMILES string of the molecule is Cc1[nH]c(=O)c(C#N)c(C)c1CCC(=O)Nc1ccc(Cl)c(C(=O)NC2CCCCC2)c1. The highest BCUT2D eigenvalue weighted by atomic mass is 35.5. The zero-order chi connectivity index (χ0) is 23.3. The maximum atomic E-state index is 12.7. The molecule has 8 heteroatoms. The number of carbonyl (C=O) groups is 2. The fourth-order valence-electron chi connectivity index (χ4n) is 4.17. The smallest absolute Gasteiger partial charge is 0.266 e. The molecule has 0 bridgehead atoms. The Bertz CT molecular complexity index is 1130. The molecule has 32 heavy (non-hydrogen) atoms. The predicted molar refractivity (Wildman–Crippen MR) is 124 cm³/mol. The van der Waals surface area contributed by atoms with Crippen LogP contribution in [0.1, 0.15) is 71.3 Å². The first-order valence-corrected chi connectivity index (χ1v) is 11.2. The highest BCUT2D eigenvalue weighted by Crippen LogP contribution is 2.23. The van der Waals surface area contributed by atoms with Crippen LogP contribution >= 0.6 is 11.6 Å². The van der Waals surface area contributed by atoms with Crippen LogP contribution in [0.5, 0.6) is 0 Å². The van der Waals surface area contributed by atoms with E-state index in [0.717, 1.165) is 31.2 Å². The van der Waals surface area contributed by atoms with Crippen LogP contribution in [0.2, 0.25) is 5.02 Å². The Kier molecular flexibility index (Phi) is 7.70. The van der Waals surface area contributed by atoms with E-state index in [1.807, 2.05) is 6.07 Å². The second kappa shape index (κ2) is 10.5. The topological polar surface area (TPSA) is 115 Å². The molecule has 0 spiro atoms. The van der Waals surface area contributed by atoms with Crippen molar-refractivity contribution in [3.8, 4) is 6.07 Å². The number of carbonyl (C=O) groups excluding carboxylic acids is 2. The van der Waals surface area contributed by atoms with E-state index in [-0.39, 0.29) is 29.8 Å². The fraction of sp³-hybridized carbons (Fsp3) is 0.417. The summed E-state index contributed by atoms with van der Waals surface area (Å²) in [4.78, 5) is 39.7. The van der Waals surface area contributed by atoms with Crippen molar-refractivity contribution in [2.24, 2.45) is 0 Å². The normalized spacial score (nSPS) is 13.9. The molecule has 3 N–H and O–H groups in total. The van der Waals surface area contributed by atoms with Crippen LogP contribution in [-0.2, 0) is 11.2 Å². The number of nitriles is 1. The van der Waals surface area contributed by atoms with E-state index in [1.54, 1.807) is 32.0 Å². The van der Waals surface area contributed by atoms with Crippen LogP contribution in [0.4, 0.5) is 5.69 Å². The lowest BCUT2D eigenvalue weighted by Crippen LogP contribution is -2.36. The molecule has 0 radical (unpaired) electrons. The van der Waals surface area contributed by atoms with Gasteiger partial charge in [-0.2, -0.15) is 5.26 Å². The van der Waals surface area contributed by atoms with Crippen molar-refractivity contribution in [1.82, 2.24) is 10.3 Å². The summed E-state index contributed by atoms with van der Waals surface area (Å²) in [6.07, 6.45) is 5.89. The van der Waals surface area contributed by atoms with E-state index >= 15 is 0 Å². The number of amides is 2. The largest absolute Gasteiger partial charge is 0.349 e. The molecule has 2 aromatic rings. The van der Waals surface area contributed by atoms with E-state index < -0.39 is 5.56 Å².